The maximum absolute atomic E-state index is 13.0. The normalized spacial score (nSPS) is 20.8. The Hall–Kier alpha value is -2.82. The fourth-order valence-electron chi connectivity index (χ4n) is 2.97. The average Bonchev–Trinajstić information content (AvgIpc) is 2.91. The highest BCUT2D eigenvalue weighted by molar-refractivity contribution is 7.86. The zero-order chi connectivity index (χ0) is 24.3. The van der Waals surface area contributed by atoms with Gasteiger partial charge in [0.25, 0.3) is 0 Å². The van der Waals surface area contributed by atoms with Crippen molar-refractivity contribution < 1.29 is 32.9 Å². The number of aromatic nitrogens is 1. The van der Waals surface area contributed by atoms with Crippen LogP contribution in [0.4, 0.5) is 4.79 Å². The first-order valence-corrected chi connectivity index (χ1v) is 11.3. The van der Waals surface area contributed by atoms with Crippen molar-refractivity contribution in [3.8, 4) is 0 Å². The molecule has 0 saturated carbocycles. The molecule has 1 aromatic rings. The van der Waals surface area contributed by atoms with Gasteiger partial charge in [0, 0.05) is 6.20 Å². The first-order chi connectivity index (χ1) is 14.7. The smallest absolute Gasteiger partial charge is 0.408 e. The van der Waals surface area contributed by atoms with Gasteiger partial charge in [0.1, 0.15) is 27.5 Å². The van der Waals surface area contributed by atoms with Gasteiger partial charge in [-0.1, -0.05) is 6.07 Å². The van der Waals surface area contributed by atoms with Crippen molar-refractivity contribution in [1.29, 1.82) is 0 Å². The molecule has 0 spiro atoms. The van der Waals surface area contributed by atoms with E-state index in [9.17, 15) is 23.4 Å². The molecule has 1 aromatic heterocycles. The monoisotopic (exact) mass is 467 g/mol. The number of hydrogen-bond acceptors (Lipinski definition) is 8. The van der Waals surface area contributed by atoms with Crippen molar-refractivity contribution in [2.24, 2.45) is 5.92 Å². The molecule has 4 atom stereocenters. The Bertz CT molecular complexity index is 906. The standard InChI is InChI=1S/C21H29N3O7S/c1-20(2,3)30-18(27)13(23-19(28)31-21(4,5)6)11-12-15(17(26)24-16(12)25)32(29)14-9-7-8-10-22-14/h7-10,12-13,15H,11H2,1-6H3,(H,23,28)(H,24,25,26)/t12?,13-,15?,32?/m0/s1. The minimum absolute atomic E-state index is 0.126. The summed E-state index contributed by atoms with van der Waals surface area (Å²) in [4.78, 5) is 54.0. The second kappa shape index (κ2) is 9.76. The van der Waals surface area contributed by atoms with E-state index >= 15 is 0 Å². The van der Waals surface area contributed by atoms with Gasteiger partial charge in [-0.15, -0.1) is 0 Å². The van der Waals surface area contributed by atoms with Crippen molar-refractivity contribution in [2.45, 2.75) is 75.5 Å². The predicted molar refractivity (Wildman–Crippen MR) is 115 cm³/mol. The van der Waals surface area contributed by atoms with Gasteiger partial charge in [-0.2, -0.15) is 0 Å². The minimum atomic E-state index is -1.96. The third-order valence-corrected chi connectivity index (χ3v) is 5.81. The van der Waals surface area contributed by atoms with Crippen LogP contribution in [0, 0.1) is 5.92 Å². The summed E-state index contributed by atoms with van der Waals surface area (Å²) < 4.78 is 23.6. The van der Waals surface area contributed by atoms with Crippen molar-refractivity contribution in [3.05, 3.63) is 24.4 Å². The highest BCUT2D eigenvalue weighted by atomic mass is 32.2. The van der Waals surface area contributed by atoms with E-state index in [4.69, 9.17) is 9.47 Å². The lowest BCUT2D eigenvalue weighted by molar-refractivity contribution is -0.158. The molecule has 2 N–H and O–H groups in total. The number of alkyl carbamates (subject to hydrolysis) is 1. The van der Waals surface area contributed by atoms with Crippen LogP contribution < -0.4 is 10.6 Å². The van der Waals surface area contributed by atoms with Gasteiger partial charge in [0.2, 0.25) is 11.8 Å². The van der Waals surface area contributed by atoms with Crippen LogP contribution in [-0.4, -0.2) is 55.6 Å². The summed E-state index contributed by atoms with van der Waals surface area (Å²) in [6.45, 7) is 9.93. The highest BCUT2D eigenvalue weighted by Gasteiger charge is 2.48. The fraction of sp³-hybridized carbons (Fsp3) is 0.571. The lowest BCUT2D eigenvalue weighted by atomic mass is 9.97. The quantitative estimate of drug-likeness (QED) is 0.473. The van der Waals surface area contributed by atoms with Gasteiger partial charge < -0.3 is 14.8 Å². The Labute approximate surface area is 189 Å². The topological polar surface area (TPSA) is 141 Å². The first-order valence-electron chi connectivity index (χ1n) is 10.1. The number of ether oxygens (including phenoxy) is 2. The zero-order valence-corrected chi connectivity index (χ0v) is 19.8. The first kappa shape index (κ1) is 25.4. The lowest BCUT2D eigenvalue weighted by Gasteiger charge is -2.27. The van der Waals surface area contributed by atoms with Crippen molar-refractivity contribution in [1.82, 2.24) is 15.6 Å². The molecule has 1 fully saturated rings. The molecule has 1 aliphatic heterocycles. The molecule has 0 bridgehead atoms. The number of amides is 3. The molecule has 0 radical (unpaired) electrons. The zero-order valence-electron chi connectivity index (χ0n) is 19.0. The van der Waals surface area contributed by atoms with Crippen LogP contribution in [0.5, 0.6) is 0 Å². The molecule has 11 heteroatoms. The molecule has 2 rings (SSSR count). The molecule has 1 saturated heterocycles. The molecular formula is C21H29N3O7S. The average molecular weight is 468 g/mol. The van der Waals surface area contributed by atoms with Crippen LogP contribution >= 0.6 is 0 Å². The Kier molecular flexibility index (Phi) is 7.76. The Morgan fingerprint density at radius 2 is 1.72 bits per heavy atom. The predicted octanol–water partition coefficient (Wildman–Crippen LogP) is 1.46. The molecule has 10 nitrogen and oxygen atoms in total. The van der Waals surface area contributed by atoms with Gasteiger partial charge in [0.05, 0.1) is 16.7 Å². The number of rotatable bonds is 6. The summed E-state index contributed by atoms with van der Waals surface area (Å²) in [6.07, 6.45) is 0.222. The molecule has 1 aliphatic rings. The Morgan fingerprint density at radius 3 is 2.25 bits per heavy atom. The van der Waals surface area contributed by atoms with E-state index in [2.05, 4.69) is 15.6 Å². The number of carbonyl (C=O) groups is 4. The van der Waals surface area contributed by atoms with E-state index in [1.54, 1.807) is 53.7 Å². The molecule has 32 heavy (non-hydrogen) atoms. The van der Waals surface area contributed by atoms with Crippen LogP contribution in [0.3, 0.4) is 0 Å². The number of carbonyl (C=O) groups excluding carboxylic acids is 4. The van der Waals surface area contributed by atoms with E-state index in [0.717, 1.165) is 0 Å². The van der Waals surface area contributed by atoms with Crippen molar-refractivity contribution in [2.75, 3.05) is 0 Å². The molecule has 0 aliphatic carbocycles. The lowest BCUT2D eigenvalue weighted by Crippen LogP contribution is -2.48. The summed E-state index contributed by atoms with van der Waals surface area (Å²) in [5.41, 5.74) is -1.69. The summed E-state index contributed by atoms with van der Waals surface area (Å²) in [6, 6.07) is 3.40. The van der Waals surface area contributed by atoms with Gasteiger partial charge in [-0.25, -0.2) is 14.6 Å². The van der Waals surface area contributed by atoms with E-state index < -0.39 is 63.1 Å². The van der Waals surface area contributed by atoms with Crippen LogP contribution in [0.15, 0.2) is 29.4 Å². The number of pyridine rings is 1. The van der Waals surface area contributed by atoms with E-state index in [1.165, 1.54) is 12.3 Å². The van der Waals surface area contributed by atoms with E-state index in [-0.39, 0.29) is 11.4 Å². The van der Waals surface area contributed by atoms with Gasteiger partial charge in [-0.3, -0.25) is 19.1 Å². The Morgan fingerprint density at radius 1 is 1.09 bits per heavy atom. The number of nitrogens with zero attached hydrogens (tertiary/aromatic N) is 1. The largest absolute Gasteiger partial charge is 0.458 e. The molecule has 0 aromatic carbocycles. The van der Waals surface area contributed by atoms with Crippen LogP contribution in [0.1, 0.15) is 48.0 Å². The third kappa shape index (κ3) is 7.11. The summed E-state index contributed by atoms with van der Waals surface area (Å²) >= 11 is 0. The van der Waals surface area contributed by atoms with E-state index in [0.29, 0.717) is 0 Å². The minimum Gasteiger partial charge on any atom is -0.458 e. The number of esters is 1. The second-order valence-corrected chi connectivity index (χ2v) is 10.8. The Balaban J connectivity index is 2.30. The molecule has 2 heterocycles. The van der Waals surface area contributed by atoms with Gasteiger partial charge in [0.15, 0.2) is 0 Å². The number of nitrogens with one attached hydrogen (secondary N) is 2. The van der Waals surface area contributed by atoms with Crippen LogP contribution in [-0.2, 0) is 34.7 Å². The van der Waals surface area contributed by atoms with E-state index in [1.807, 2.05) is 0 Å². The summed E-state index contributed by atoms with van der Waals surface area (Å²) in [7, 11) is -1.96. The summed E-state index contributed by atoms with van der Waals surface area (Å²) in [5, 5.41) is 3.42. The summed E-state index contributed by atoms with van der Waals surface area (Å²) in [5.74, 6) is -3.39. The second-order valence-electron chi connectivity index (χ2n) is 9.31. The fourth-order valence-corrected chi connectivity index (χ4v) is 4.39. The van der Waals surface area contributed by atoms with Crippen molar-refractivity contribution in [3.63, 3.8) is 0 Å². The molecular weight excluding hydrogens is 438 g/mol. The van der Waals surface area contributed by atoms with Crippen LogP contribution in [0.2, 0.25) is 0 Å². The van der Waals surface area contributed by atoms with Gasteiger partial charge in [-0.05, 0) is 60.1 Å². The maximum Gasteiger partial charge on any atom is 0.408 e. The van der Waals surface area contributed by atoms with Gasteiger partial charge >= 0.3 is 12.1 Å². The van der Waals surface area contributed by atoms with Crippen molar-refractivity contribution >= 4 is 34.7 Å². The molecule has 3 amide bonds. The molecule has 176 valence electrons. The third-order valence-electron chi connectivity index (χ3n) is 4.15. The number of imide groups is 1. The number of hydrogen-bond donors (Lipinski definition) is 2. The highest BCUT2D eigenvalue weighted by Crippen LogP contribution is 2.27. The maximum atomic E-state index is 13.0. The van der Waals surface area contributed by atoms with Crippen LogP contribution in [0.25, 0.3) is 0 Å². The molecule has 3 unspecified atom stereocenters. The SMILES string of the molecule is CC(C)(C)OC(=O)N[C@@H](CC1C(=O)NC(=O)C1S(=O)c1ccccn1)C(=O)OC(C)(C)C.